The molecule has 0 radical (unpaired) electrons. The van der Waals surface area contributed by atoms with Crippen molar-refractivity contribution in [2.24, 2.45) is 0 Å². The van der Waals surface area contributed by atoms with Crippen LogP contribution in [0.3, 0.4) is 0 Å². The van der Waals surface area contributed by atoms with Gasteiger partial charge in [0.25, 0.3) is 0 Å². The average Bonchev–Trinajstić information content (AvgIpc) is 3.45. The Morgan fingerprint density at radius 3 is 1.63 bits per heavy atom. The third kappa shape index (κ3) is 3.83. The Hall–Kier alpha value is -4.80. The van der Waals surface area contributed by atoms with Gasteiger partial charge in [0.15, 0.2) is 17.5 Å². The highest BCUT2D eigenvalue weighted by atomic mass is 35.5. The zero-order valence-electron chi connectivity index (χ0n) is 27.7. The zero-order chi connectivity index (χ0) is 32.4. The first-order valence-corrected chi connectivity index (χ1v) is 12.1. The van der Waals surface area contributed by atoms with Crippen molar-refractivity contribution in [2.45, 2.75) is 0 Å². The smallest absolute Gasteiger partial charge is 0.166 e. The number of rotatable bonds is 4. The molecule has 7 aromatic rings. The number of para-hydroxylation sites is 2. The van der Waals surface area contributed by atoms with Crippen LogP contribution in [-0.4, -0.2) is 19.5 Å². The van der Waals surface area contributed by atoms with E-state index in [2.05, 4.69) is 0 Å². The summed E-state index contributed by atoms with van der Waals surface area (Å²) < 4.78 is 70.4. The zero-order valence-corrected chi connectivity index (χ0v) is 20.4. The van der Waals surface area contributed by atoms with Crippen molar-refractivity contribution in [3.05, 3.63) is 132 Å². The molecule has 0 amide bonds. The summed E-state index contributed by atoms with van der Waals surface area (Å²) in [6, 6.07) is 19.8. The van der Waals surface area contributed by atoms with Gasteiger partial charge in [-0.1, -0.05) is 109 Å². The number of hydrogen-bond donors (Lipinski definition) is 0. The van der Waals surface area contributed by atoms with Crippen molar-refractivity contribution in [3.63, 3.8) is 0 Å². The summed E-state index contributed by atoms with van der Waals surface area (Å²) in [7, 11) is 0. The van der Waals surface area contributed by atoms with E-state index in [9.17, 15) is 0 Å². The van der Waals surface area contributed by atoms with Crippen LogP contribution < -0.4 is 0 Å². The summed E-state index contributed by atoms with van der Waals surface area (Å²) in [6.07, 6.45) is 0. The minimum atomic E-state index is -0.516. The van der Waals surface area contributed by atoms with E-state index in [0.29, 0.717) is 27.9 Å². The first kappa shape index (κ1) is 15.5. The molecule has 0 N–H and O–H groups in total. The van der Waals surface area contributed by atoms with Gasteiger partial charge in [-0.25, -0.2) is 15.0 Å². The molecule has 4 nitrogen and oxygen atoms in total. The Balaban J connectivity index is 1.65. The molecule has 0 fully saturated rings. The number of nitrogens with zero attached hydrogens (tertiary/aromatic N) is 4. The molecule has 2 aromatic heterocycles. The predicted molar refractivity (Wildman–Crippen MR) is 155 cm³/mol. The highest BCUT2D eigenvalue weighted by Gasteiger charge is 2.19. The van der Waals surface area contributed by atoms with E-state index in [-0.39, 0.29) is 27.6 Å². The number of halogens is 1. The van der Waals surface area contributed by atoms with Crippen molar-refractivity contribution in [2.75, 3.05) is 0 Å². The van der Waals surface area contributed by atoms with E-state index in [1.54, 1.807) is 18.2 Å². The van der Waals surface area contributed by atoms with E-state index in [1.165, 1.54) is 4.57 Å². The van der Waals surface area contributed by atoms with Crippen molar-refractivity contribution in [3.8, 4) is 39.9 Å². The topological polar surface area (TPSA) is 43.6 Å². The lowest BCUT2D eigenvalue weighted by molar-refractivity contribution is 1.06. The molecule has 0 unspecified atom stereocenters. The molecule has 38 heavy (non-hydrogen) atoms. The van der Waals surface area contributed by atoms with E-state index >= 15 is 0 Å². The third-order valence-electron chi connectivity index (χ3n) is 6.17. The van der Waals surface area contributed by atoms with Crippen LogP contribution in [0, 0.1) is 0 Å². The second-order valence-corrected chi connectivity index (χ2v) is 8.92. The fraction of sp³-hybridized carbons (Fsp3) is 0. The van der Waals surface area contributed by atoms with Gasteiger partial charge in [-0.2, -0.15) is 0 Å². The monoisotopic (exact) mass is 516 g/mol. The van der Waals surface area contributed by atoms with Crippen LogP contribution in [0.15, 0.2) is 127 Å². The number of benzene rings is 5. The molecule has 0 aliphatic carbocycles. The highest BCUT2D eigenvalue weighted by Crippen LogP contribution is 2.37. The highest BCUT2D eigenvalue weighted by molar-refractivity contribution is 6.31. The van der Waals surface area contributed by atoms with Crippen molar-refractivity contribution in [1.82, 2.24) is 19.5 Å². The maximum Gasteiger partial charge on any atom is 0.166 e. The maximum atomic E-state index is 8.91. The molecule has 0 aliphatic rings. The summed E-state index contributed by atoms with van der Waals surface area (Å²) in [5.41, 5.74) is 2.07. The molecule has 5 heteroatoms. The van der Waals surface area contributed by atoms with Crippen LogP contribution in [0.5, 0.6) is 0 Å². The molecule has 0 saturated heterocycles. The number of hydrogen-bond acceptors (Lipinski definition) is 3. The Kier molecular flexibility index (Phi) is 3.76. The van der Waals surface area contributed by atoms with Gasteiger partial charge in [0.1, 0.15) is 0 Å². The molecule has 0 spiro atoms. The lowest BCUT2D eigenvalue weighted by Gasteiger charge is -2.15. The van der Waals surface area contributed by atoms with E-state index in [0.717, 1.165) is 11.1 Å². The van der Waals surface area contributed by atoms with Crippen LogP contribution in [-0.2, 0) is 0 Å². The number of fused-ring (bicyclic) bond motifs is 3. The van der Waals surface area contributed by atoms with Gasteiger partial charge >= 0.3 is 0 Å². The Morgan fingerprint density at radius 1 is 0.579 bits per heavy atom. The predicted octanol–water partition coefficient (Wildman–Crippen LogP) is 8.62. The summed E-state index contributed by atoms with van der Waals surface area (Å²) in [6.45, 7) is 0. The largest absolute Gasteiger partial charge is 0.309 e. The second kappa shape index (κ2) is 9.25. The normalized spacial score (nSPS) is 14.2. The fourth-order valence-corrected chi connectivity index (χ4v) is 4.65. The van der Waals surface area contributed by atoms with E-state index in [1.807, 2.05) is 60.7 Å². The van der Waals surface area contributed by atoms with E-state index in [4.69, 9.17) is 37.5 Å². The molecular formula is C33H21ClN4. The SMILES string of the molecule is [2H]c1c([2H])c([2H])c2c(c1[2H])c1c([2H])c([2H])c([2H])c([2H])c1n2-c1ccc(Cl)cc1-c1nc(-c2ccccc2)nc(-c2ccccc2)n1. The van der Waals surface area contributed by atoms with Crippen LogP contribution in [0.2, 0.25) is 5.02 Å². The summed E-state index contributed by atoms with van der Waals surface area (Å²) in [5.74, 6) is 0.949. The molecule has 180 valence electrons. The fourth-order valence-electron chi connectivity index (χ4n) is 4.47. The van der Waals surface area contributed by atoms with Gasteiger partial charge in [0, 0.05) is 32.5 Å². The lowest BCUT2D eigenvalue weighted by Crippen LogP contribution is -2.03. The lowest BCUT2D eigenvalue weighted by atomic mass is 10.1. The van der Waals surface area contributed by atoms with Crippen LogP contribution >= 0.6 is 11.6 Å². The van der Waals surface area contributed by atoms with Gasteiger partial charge in [0.05, 0.1) is 27.7 Å². The quantitative estimate of drug-likeness (QED) is 0.235. The Morgan fingerprint density at radius 2 is 1.08 bits per heavy atom. The van der Waals surface area contributed by atoms with Crippen LogP contribution in [0.4, 0.5) is 0 Å². The molecule has 2 heterocycles. The first-order valence-electron chi connectivity index (χ1n) is 15.8. The first-order chi connectivity index (χ1) is 22.1. The third-order valence-corrected chi connectivity index (χ3v) is 6.41. The van der Waals surface area contributed by atoms with Crippen molar-refractivity contribution < 1.29 is 11.0 Å². The molecule has 0 atom stereocenters. The van der Waals surface area contributed by atoms with Crippen LogP contribution in [0.25, 0.3) is 61.7 Å². The van der Waals surface area contributed by atoms with E-state index < -0.39 is 48.3 Å². The summed E-state index contributed by atoms with van der Waals surface area (Å²) >= 11 is 6.56. The molecule has 5 aromatic carbocycles. The van der Waals surface area contributed by atoms with Crippen molar-refractivity contribution in [1.29, 1.82) is 0 Å². The van der Waals surface area contributed by atoms with Gasteiger partial charge in [-0.3, -0.25) is 0 Å². The standard InChI is InChI=1S/C33H21ClN4/c34-24-19-20-30(38-28-17-9-7-15-25(28)26-16-8-10-18-29(26)38)27(21-24)33-36-31(22-11-3-1-4-12-22)35-32(37-33)23-13-5-2-6-14-23/h1-21H/i7D,8D,9D,10D,15D,16D,17D,18D. The molecule has 0 saturated carbocycles. The van der Waals surface area contributed by atoms with Gasteiger partial charge in [0.2, 0.25) is 0 Å². The molecule has 7 rings (SSSR count). The van der Waals surface area contributed by atoms with Gasteiger partial charge in [-0.15, -0.1) is 0 Å². The van der Waals surface area contributed by atoms with Crippen LogP contribution in [0.1, 0.15) is 11.0 Å². The number of aromatic nitrogens is 4. The average molecular weight is 517 g/mol. The minimum Gasteiger partial charge on any atom is -0.309 e. The summed E-state index contributed by atoms with van der Waals surface area (Å²) in [4.78, 5) is 14.4. The molecule has 0 bridgehead atoms. The maximum absolute atomic E-state index is 8.91. The van der Waals surface area contributed by atoms with Gasteiger partial charge < -0.3 is 4.57 Å². The Bertz CT molecular complexity index is 2230. The summed E-state index contributed by atoms with van der Waals surface area (Å²) in [5, 5.41) is 0.269. The second-order valence-electron chi connectivity index (χ2n) is 8.48. The molecule has 0 aliphatic heterocycles. The van der Waals surface area contributed by atoms with Crippen molar-refractivity contribution >= 4 is 33.4 Å². The Labute approximate surface area is 236 Å². The van der Waals surface area contributed by atoms with Gasteiger partial charge in [-0.05, 0) is 30.3 Å². The minimum absolute atomic E-state index is 0.0165. The molecular weight excluding hydrogens is 488 g/mol.